The second kappa shape index (κ2) is 4.22. The molecule has 86 valence electrons. The molecule has 0 aliphatic carbocycles. The van der Waals surface area contributed by atoms with Crippen molar-refractivity contribution in [1.29, 1.82) is 0 Å². The van der Waals surface area contributed by atoms with Crippen molar-refractivity contribution in [3.8, 4) is 0 Å². The second-order valence-corrected chi connectivity index (χ2v) is 5.51. The van der Waals surface area contributed by atoms with E-state index in [9.17, 15) is 4.57 Å². The summed E-state index contributed by atoms with van der Waals surface area (Å²) < 4.78 is 15.9. The van der Waals surface area contributed by atoms with E-state index in [1.54, 1.807) is 12.1 Å². The van der Waals surface area contributed by atoms with Crippen LogP contribution in [0.3, 0.4) is 0 Å². The summed E-state index contributed by atoms with van der Waals surface area (Å²) >= 11 is 9.22. The molecule has 1 aliphatic heterocycles. The van der Waals surface area contributed by atoms with Crippen LogP contribution >= 0.6 is 35.4 Å². The van der Waals surface area contributed by atoms with Gasteiger partial charge in [0.2, 0.25) is 0 Å². The van der Waals surface area contributed by atoms with E-state index in [2.05, 4.69) is 25.4 Å². The predicted octanol–water partition coefficient (Wildman–Crippen LogP) is 2.97. The molecule has 1 aliphatic rings. The summed E-state index contributed by atoms with van der Waals surface area (Å²) in [7, 11) is -4.57. The fraction of sp³-hybridized carbons (Fsp3) is 0.125. The summed E-state index contributed by atoms with van der Waals surface area (Å²) in [6.45, 7) is 0. The van der Waals surface area contributed by atoms with Crippen LogP contribution in [0.4, 0.5) is 5.69 Å². The second-order valence-electron chi connectivity index (χ2n) is 3.09. The number of aliphatic imine (C=N–C) groups is 1. The third-order valence-corrected chi connectivity index (χ3v) is 3.79. The fourth-order valence-electron chi connectivity index (χ4n) is 1.39. The van der Waals surface area contributed by atoms with Crippen molar-refractivity contribution in [3.05, 3.63) is 27.2 Å². The van der Waals surface area contributed by atoms with Gasteiger partial charge in [-0.2, -0.15) is 0 Å². The molecule has 1 atom stereocenters. The van der Waals surface area contributed by atoms with E-state index in [0.717, 1.165) is 0 Å². The van der Waals surface area contributed by atoms with E-state index < -0.39 is 13.9 Å². The van der Waals surface area contributed by atoms with Crippen molar-refractivity contribution in [2.45, 2.75) is 6.10 Å². The van der Waals surface area contributed by atoms with Gasteiger partial charge in [-0.3, -0.25) is 9.52 Å². The molecular weight excluding hydrogens is 320 g/mol. The SMILES string of the molecule is O=P(O)(O)O[C@@H]1C=Nc2ccc(Br)c(Cl)c21. The molecule has 2 rings (SSSR count). The van der Waals surface area contributed by atoms with Crippen molar-refractivity contribution >= 4 is 47.3 Å². The van der Waals surface area contributed by atoms with Crippen LogP contribution in [0.5, 0.6) is 0 Å². The molecule has 1 heterocycles. The first-order valence-electron chi connectivity index (χ1n) is 4.14. The van der Waals surface area contributed by atoms with E-state index in [1.165, 1.54) is 6.21 Å². The number of benzene rings is 1. The van der Waals surface area contributed by atoms with Crippen molar-refractivity contribution in [1.82, 2.24) is 0 Å². The lowest BCUT2D eigenvalue weighted by atomic mass is 10.1. The Morgan fingerprint density at radius 3 is 2.81 bits per heavy atom. The molecule has 2 N–H and O–H groups in total. The minimum atomic E-state index is -4.57. The Labute approximate surface area is 104 Å². The van der Waals surface area contributed by atoms with Crippen molar-refractivity contribution < 1.29 is 18.9 Å². The molecular formula is C8H6BrClNO4P. The van der Waals surface area contributed by atoms with Crippen molar-refractivity contribution in [3.63, 3.8) is 0 Å². The minimum Gasteiger partial charge on any atom is -0.303 e. The summed E-state index contributed by atoms with van der Waals surface area (Å²) in [5, 5.41) is 0.341. The van der Waals surface area contributed by atoms with Gasteiger partial charge in [0, 0.05) is 16.3 Å². The first kappa shape index (κ1) is 12.2. The molecule has 0 aromatic heterocycles. The maximum atomic E-state index is 10.7. The molecule has 0 saturated carbocycles. The Hall–Kier alpha value is -0.230. The van der Waals surface area contributed by atoms with Crippen LogP contribution in [0, 0.1) is 0 Å². The van der Waals surface area contributed by atoms with Gasteiger partial charge >= 0.3 is 7.82 Å². The number of hydrogen-bond donors (Lipinski definition) is 2. The van der Waals surface area contributed by atoms with Gasteiger partial charge in [0.1, 0.15) is 6.10 Å². The first-order chi connectivity index (χ1) is 7.38. The predicted molar refractivity (Wildman–Crippen MR) is 63.2 cm³/mol. The van der Waals surface area contributed by atoms with Crippen LogP contribution in [0.15, 0.2) is 21.6 Å². The van der Waals surface area contributed by atoms with E-state index in [-0.39, 0.29) is 0 Å². The molecule has 0 radical (unpaired) electrons. The molecule has 5 nitrogen and oxygen atoms in total. The number of nitrogens with zero attached hydrogens (tertiary/aromatic N) is 1. The Kier molecular flexibility index (Phi) is 3.22. The number of phosphoric ester groups is 1. The molecule has 0 fully saturated rings. The third kappa shape index (κ3) is 2.37. The molecule has 8 heteroatoms. The Morgan fingerprint density at radius 1 is 1.50 bits per heavy atom. The van der Waals surface area contributed by atoms with E-state index in [4.69, 9.17) is 21.4 Å². The molecule has 0 unspecified atom stereocenters. The molecule has 1 aromatic carbocycles. The van der Waals surface area contributed by atoms with Gasteiger partial charge in [-0.25, -0.2) is 4.57 Å². The number of phosphoric acid groups is 1. The summed E-state index contributed by atoms with van der Waals surface area (Å²) in [5.41, 5.74) is 1.01. The zero-order valence-corrected chi connectivity index (χ0v) is 10.9. The topological polar surface area (TPSA) is 79.1 Å². The number of hydrogen-bond acceptors (Lipinski definition) is 3. The van der Waals surface area contributed by atoms with Crippen LogP contribution in [-0.2, 0) is 9.09 Å². The highest BCUT2D eigenvalue weighted by molar-refractivity contribution is 9.10. The molecule has 0 saturated heterocycles. The Morgan fingerprint density at radius 2 is 2.19 bits per heavy atom. The highest BCUT2D eigenvalue weighted by Crippen LogP contribution is 2.48. The fourth-order valence-corrected chi connectivity index (χ4v) is 2.46. The summed E-state index contributed by atoms with van der Waals surface area (Å²) in [4.78, 5) is 21.4. The maximum Gasteiger partial charge on any atom is 0.470 e. The van der Waals surface area contributed by atoms with Gasteiger partial charge in [-0.15, -0.1) is 0 Å². The van der Waals surface area contributed by atoms with Crippen LogP contribution in [0.1, 0.15) is 11.7 Å². The average molecular weight is 326 g/mol. The van der Waals surface area contributed by atoms with Gasteiger partial charge < -0.3 is 9.79 Å². The van der Waals surface area contributed by atoms with E-state index in [1.807, 2.05) is 0 Å². The molecule has 0 spiro atoms. The van der Waals surface area contributed by atoms with Gasteiger partial charge in [-0.05, 0) is 28.1 Å². The first-order valence-corrected chi connectivity index (χ1v) is 6.84. The minimum absolute atomic E-state index is 0.341. The monoisotopic (exact) mass is 325 g/mol. The quantitative estimate of drug-likeness (QED) is 0.819. The number of fused-ring (bicyclic) bond motifs is 1. The van der Waals surface area contributed by atoms with Crippen LogP contribution < -0.4 is 0 Å². The van der Waals surface area contributed by atoms with E-state index in [0.29, 0.717) is 20.7 Å². The lowest BCUT2D eigenvalue weighted by Gasteiger charge is -2.13. The highest BCUT2D eigenvalue weighted by Gasteiger charge is 2.30. The Balaban J connectivity index is 2.42. The van der Waals surface area contributed by atoms with Crippen molar-refractivity contribution in [2.75, 3.05) is 0 Å². The smallest absolute Gasteiger partial charge is 0.303 e. The lowest BCUT2D eigenvalue weighted by Crippen LogP contribution is -2.01. The highest BCUT2D eigenvalue weighted by atomic mass is 79.9. The van der Waals surface area contributed by atoms with Gasteiger partial charge in [0.25, 0.3) is 0 Å². The largest absolute Gasteiger partial charge is 0.470 e. The molecule has 0 bridgehead atoms. The number of halogens is 2. The van der Waals surface area contributed by atoms with Gasteiger partial charge in [-0.1, -0.05) is 11.6 Å². The van der Waals surface area contributed by atoms with Crippen LogP contribution in [0.2, 0.25) is 5.02 Å². The Bertz CT molecular complexity index is 515. The number of rotatable bonds is 2. The normalized spacial score (nSPS) is 18.9. The standard InChI is InChI=1S/C8H6BrClNO4P/c9-4-1-2-5-7(8(4)10)6(3-11-5)15-16(12,13)14/h1-3,6H,(H2,12,13,14)/t6-/m1/s1. The van der Waals surface area contributed by atoms with Crippen LogP contribution in [0.25, 0.3) is 0 Å². The summed E-state index contributed by atoms with van der Waals surface area (Å²) in [6, 6.07) is 3.39. The van der Waals surface area contributed by atoms with Gasteiger partial charge in [0.15, 0.2) is 0 Å². The maximum absolute atomic E-state index is 10.7. The molecule has 0 amide bonds. The van der Waals surface area contributed by atoms with Crippen molar-refractivity contribution in [2.24, 2.45) is 4.99 Å². The van der Waals surface area contributed by atoms with E-state index >= 15 is 0 Å². The molecule has 1 aromatic rings. The van der Waals surface area contributed by atoms with Gasteiger partial charge in [0.05, 0.1) is 10.7 Å². The zero-order chi connectivity index (χ0) is 11.9. The average Bonchev–Trinajstić information content (AvgIpc) is 2.53. The summed E-state index contributed by atoms with van der Waals surface area (Å²) in [5.74, 6) is 0. The third-order valence-electron chi connectivity index (χ3n) is 1.99. The lowest BCUT2D eigenvalue weighted by molar-refractivity contribution is 0.176. The zero-order valence-electron chi connectivity index (χ0n) is 7.67. The molecule has 16 heavy (non-hydrogen) atoms. The van der Waals surface area contributed by atoms with Crippen LogP contribution in [-0.4, -0.2) is 16.0 Å². The summed E-state index contributed by atoms with van der Waals surface area (Å²) in [6.07, 6.45) is 0.392.